The molecule has 2 rings (SSSR count). The van der Waals surface area contributed by atoms with E-state index in [4.69, 9.17) is 5.11 Å². The molecule has 0 radical (unpaired) electrons. The van der Waals surface area contributed by atoms with E-state index in [1.54, 1.807) is 4.57 Å². The molecule has 0 aliphatic carbocycles. The van der Waals surface area contributed by atoms with E-state index in [2.05, 4.69) is 9.72 Å². The number of hydrogen-bond acceptors (Lipinski definition) is 5. The molecule has 0 fully saturated rings. The fraction of sp³-hybridized carbons (Fsp3) is 0.308. The Bertz CT molecular complexity index is 666. The molecule has 7 heteroatoms. The lowest BCUT2D eigenvalue weighted by atomic mass is 10.2. The van der Waals surface area contributed by atoms with Crippen LogP contribution in [0.4, 0.5) is 0 Å². The molecule has 1 aromatic carbocycles. The Hall–Kier alpha value is -2.02. The first-order valence-corrected chi connectivity index (χ1v) is 6.88. The Labute approximate surface area is 119 Å². The second kappa shape index (κ2) is 5.96. The summed E-state index contributed by atoms with van der Waals surface area (Å²) in [7, 11) is 1.32. The number of fused-ring (bicyclic) bond motifs is 1. The molecule has 1 aromatic heterocycles. The third-order valence-electron chi connectivity index (χ3n) is 2.77. The first kappa shape index (κ1) is 14.4. The zero-order valence-electron chi connectivity index (χ0n) is 11.1. The van der Waals surface area contributed by atoms with E-state index >= 15 is 0 Å². The van der Waals surface area contributed by atoms with Gasteiger partial charge in [-0.2, -0.15) is 0 Å². The number of carboxylic acid groups (broad SMARTS) is 1. The summed E-state index contributed by atoms with van der Waals surface area (Å²) in [6, 6.07) is 5.63. The predicted molar refractivity (Wildman–Crippen MR) is 74.8 cm³/mol. The van der Waals surface area contributed by atoms with Crippen LogP contribution in [0.1, 0.15) is 5.56 Å². The number of ether oxygens (including phenoxy) is 1. The maximum atomic E-state index is 11.5. The van der Waals surface area contributed by atoms with E-state index in [-0.39, 0.29) is 12.3 Å². The number of imidazole rings is 1. The van der Waals surface area contributed by atoms with Gasteiger partial charge in [0, 0.05) is 0 Å². The number of nitrogens with zero attached hydrogens (tertiary/aromatic N) is 2. The summed E-state index contributed by atoms with van der Waals surface area (Å²) in [4.78, 5) is 26.6. The number of aryl methyl sites for hydroxylation is 1. The molecule has 0 aliphatic rings. The molecule has 0 spiro atoms. The highest BCUT2D eigenvalue weighted by Crippen LogP contribution is 2.26. The van der Waals surface area contributed by atoms with Gasteiger partial charge in [-0.1, -0.05) is 23.9 Å². The summed E-state index contributed by atoms with van der Waals surface area (Å²) in [6.45, 7) is 1.93. The molecule has 0 amide bonds. The third-order valence-corrected chi connectivity index (χ3v) is 3.73. The summed E-state index contributed by atoms with van der Waals surface area (Å²) in [5.41, 5.74) is 2.54. The normalized spacial score (nSPS) is 10.7. The smallest absolute Gasteiger partial charge is 0.325 e. The third kappa shape index (κ3) is 2.93. The number of methoxy groups -OCH3 is 1. The van der Waals surface area contributed by atoms with Crippen LogP contribution >= 0.6 is 11.8 Å². The summed E-state index contributed by atoms with van der Waals surface area (Å²) in [5, 5.41) is 9.28. The van der Waals surface area contributed by atoms with Gasteiger partial charge in [-0.15, -0.1) is 0 Å². The number of aromatic nitrogens is 2. The van der Waals surface area contributed by atoms with Crippen LogP contribution in [-0.4, -0.2) is 39.5 Å². The van der Waals surface area contributed by atoms with Crippen molar-refractivity contribution in [1.29, 1.82) is 0 Å². The molecule has 20 heavy (non-hydrogen) atoms. The van der Waals surface area contributed by atoms with Crippen molar-refractivity contribution in [2.24, 2.45) is 0 Å². The van der Waals surface area contributed by atoms with Crippen molar-refractivity contribution >= 4 is 34.7 Å². The first-order chi connectivity index (χ1) is 9.52. The minimum atomic E-state index is -0.927. The van der Waals surface area contributed by atoms with Gasteiger partial charge in [-0.25, -0.2) is 4.98 Å². The lowest BCUT2D eigenvalue weighted by Gasteiger charge is -2.08. The van der Waals surface area contributed by atoms with Crippen molar-refractivity contribution in [3.63, 3.8) is 0 Å². The molecule has 6 nitrogen and oxygen atoms in total. The van der Waals surface area contributed by atoms with Crippen LogP contribution in [0.15, 0.2) is 23.4 Å². The van der Waals surface area contributed by atoms with E-state index in [0.29, 0.717) is 5.16 Å². The molecule has 2 aromatic rings. The highest BCUT2D eigenvalue weighted by atomic mass is 32.2. The van der Waals surface area contributed by atoms with E-state index in [1.807, 2.05) is 25.1 Å². The fourth-order valence-electron chi connectivity index (χ4n) is 1.92. The number of carboxylic acids is 1. The molecule has 0 atom stereocenters. The molecule has 0 bridgehead atoms. The zero-order valence-corrected chi connectivity index (χ0v) is 11.9. The second-order valence-corrected chi connectivity index (χ2v) is 5.12. The van der Waals surface area contributed by atoms with Crippen molar-refractivity contribution < 1.29 is 19.4 Å². The second-order valence-electron chi connectivity index (χ2n) is 4.18. The van der Waals surface area contributed by atoms with E-state index in [0.717, 1.165) is 28.4 Å². The Morgan fingerprint density at radius 3 is 2.85 bits per heavy atom. The molecule has 0 unspecified atom stereocenters. The monoisotopic (exact) mass is 294 g/mol. The Kier molecular flexibility index (Phi) is 4.29. The van der Waals surface area contributed by atoms with Gasteiger partial charge in [0.05, 0.1) is 23.9 Å². The Balaban J connectivity index is 2.48. The fourth-order valence-corrected chi connectivity index (χ4v) is 2.65. The molecule has 0 saturated carbocycles. The number of carbonyl (C=O) groups excluding carboxylic acids is 1. The summed E-state index contributed by atoms with van der Waals surface area (Å²) >= 11 is 1.09. The van der Waals surface area contributed by atoms with Gasteiger partial charge in [0.2, 0.25) is 0 Å². The number of hydrogen-bond donors (Lipinski definition) is 1. The molecule has 0 aliphatic heterocycles. The summed E-state index contributed by atoms with van der Waals surface area (Å²) in [6.07, 6.45) is 0. The van der Waals surface area contributed by atoms with Crippen molar-refractivity contribution in [1.82, 2.24) is 9.55 Å². The topological polar surface area (TPSA) is 81.4 Å². The average Bonchev–Trinajstić information content (AvgIpc) is 2.75. The van der Waals surface area contributed by atoms with Crippen LogP contribution in [0.5, 0.6) is 0 Å². The van der Waals surface area contributed by atoms with Crippen molar-refractivity contribution in [3.8, 4) is 0 Å². The van der Waals surface area contributed by atoms with Crippen LogP contribution in [0.3, 0.4) is 0 Å². The molecule has 0 saturated heterocycles. The number of carbonyl (C=O) groups is 2. The standard InChI is InChI=1S/C13H14N2O4S/c1-8-4-3-5-9-12(8)15(6-11(18)19-2)13(14-9)20-7-10(16)17/h3-5H,6-7H2,1-2H3,(H,16,17). The van der Waals surface area contributed by atoms with Gasteiger partial charge < -0.3 is 14.4 Å². The zero-order chi connectivity index (χ0) is 14.7. The number of aliphatic carboxylic acids is 1. The van der Waals surface area contributed by atoms with E-state index < -0.39 is 11.9 Å². The molecule has 1 heterocycles. The van der Waals surface area contributed by atoms with Crippen LogP contribution in [0.25, 0.3) is 11.0 Å². The molecule has 1 N–H and O–H groups in total. The van der Waals surface area contributed by atoms with Gasteiger partial charge >= 0.3 is 11.9 Å². The maximum Gasteiger partial charge on any atom is 0.325 e. The van der Waals surface area contributed by atoms with Crippen LogP contribution in [0, 0.1) is 6.92 Å². The molecular weight excluding hydrogens is 280 g/mol. The maximum absolute atomic E-state index is 11.5. The predicted octanol–water partition coefficient (Wildman–Crippen LogP) is 1.69. The van der Waals surface area contributed by atoms with Gasteiger partial charge in [0.25, 0.3) is 0 Å². The van der Waals surface area contributed by atoms with Gasteiger partial charge in [0.1, 0.15) is 6.54 Å². The van der Waals surface area contributed by atoms with Gasteiger partial charge in [-0.05, 0) is 18.6 Å². The van der Waals surface area contributed by atoms with Crippen LogP contribution < -0.4 is 0 Å². The lowest BCUT2D eigenvalue weighted by Crippen LogP contribution is -2.13. The summed E-state index contributed by atoms with van der Waals surface area (Å²) < 4.78 is 6.38. The number of thioether (sulfide) groups is 1. The van der Waals surface area contributed by atoms with Crippen LogP contribution in [0.2, 0.25) is 0 Å². The minimum Gasteiger partial charge on any atom is -0.481 e. The van der Waals surface area contributed by atoms with Gasteiger partial charge in [-0.3, -0.25) is 9.59 Å². The number of benzene rings is 1. The van der Waals surface area contributed by atoms with Crippen molar-refractivity contribution in [3.05, 3.63) is 23.8 Å². The number of esters is 1. The average molecular weight is 294 g/mol. The largest absolute Gasteiger partial charge is 0.481 e. The molecular formula is C13H14N2O4S. The quantitative estimate of drug-likeness (QED) is 0.667. The van der Waals surface area contributed by atoms with Crippen LogP contribution in [-0.2, 0) is 20.9 Å². The Morgan fingerprint density at radius 2 is 2.20 bits per heavy atom. The number of rotatable bonds is 5. The highest BCUT2D eigenvalue weighted by molar-refractivity contribution is 7.99. The minimum absolute atomic E-state index is 0.0137. The van der Waals surface area contributed by atoms with E-state index in [1.165, 1.54) is 7.11 Å². The van der Waals surface area contributed by atoms with Crippen molar-refractivity contribution in [2.75, 3.05) is 12.9 Å². The summed E-state index contributed by atoms with van der Waals surface area (Å²) in [5.74, 6) is -1.43. The first-order valence-electron chi connectivity index (χ1n) is 5.90. The van der Waals surface area contributed by atoms with E-state index in [9.17, 15) is 9.59 Å². The highest BCUT2D eigenvalue weighted by Gasteiger charge is 2.16. The lowest BCUT2D eigenvalue weighted by molar-refractivity contribution is -0.141. The van der Waals surface area contributed by atoms with Gasteiger partial charge in [0.15, 0.2) is 5.16 Å². The Morgan fingerprint density at radius 1 is 1.45 bits per heavy atom. The number of para-hydroxylation sites is 1. The molecule has 106 valence electrons. The SMILES string of the molecule is COC(=O)Cn1c(SCC(=O)O)nc2cccc(C)c21. The van der Waals surface area contributed by atoms with Crippen molar-refractivity contribution in [2.45, 2.75) is 18.6 Å².